The molecular formula is C17H25NO3. The van der Waals surface area contributed by atoms with Crippen molar-refractivity contribution >= 4 is 11.9 Å². The van der Waals surface area contributed by atoms with E-state index in [0.717, 1.165) is 12.0 Å². The number of benzene rings is 1. The van der Waals surface area contributed by atoms with Crippen molar-refractivity contribution < 1.29 is 14.7 Å². The van der Waals surface area contributed by atoms with Gasteiger partial charge < -0.3 is 10.4 Å². The molecule has 4 heteroatoms. The van der Waals surface area contributed by atoms with Gasteiger partial charge in [0.1, 0.15) is 6.04 Å². The molecule has 0 spiro atoms. The van der Waals surface area contributed by atoms with Crippen molar-refractivity contribution in [1.29, 1.82) is 0 Å². The summed E-state index contributed by atoms with van der Waals surface area (Å²) in [5.74, 6) is -0.838. The Bertz CT molecular complexity index is 480. The monoisotopic (exact) mass is 291 g/mol. The van der Waals surface area contributed by atoms with E-state index in [0.29, 0.717) is 12.3 Å². The second kappa shape index (κ2) is 7.25. The van der Waals surface area contributed by atoms with Crippen LogP contribution in [0.4, 0.5) is 0 Å². The van der Waals surface area contributed by atoms with Crippen LogP contribution in [0.5, 0.6) is 0 Å². The maximum absolute atomic E-state index is 12.3. The van der Waals surface area contributed by atoms with Crippen molar-refractivity contribution in [3.05, 3.63) is 35.9 Å². The highest BCUT2D eigenvalue weighted by molar-refractivity contribution is 5.87. The number of nitrogens with one attached hydrogen (secondary N) is 1. The van der Waals surface area contributed by atoms with E-state index in [1.54, 1.807) is 0 Å². The van der Waals surface area contributed by atoms with Gasteiger partial charge in [-0.15, -0.1) is 0 Å². The molecule has 1 unspecified atom stereocenters. The third-order valence-corrected chi connectivity index (χ3v) is 3.42. The van der Waals surface area contributed by atoms with Crippen LogP contribution in [0.1, 0.15) is 39.7 Å². The minimum absolute atomic E-state index is 0.209. The highest BCUT2D eigenvalue weighted by Crippen LogP contribution is 2.25. The Morgan fingerprint density at radius 2 is 1.76 bits per heavy atom. The minimum atomic E-state index is -1.01. The summed E-state index contributed by atoms with van der Waals surface area (Å²) >= 11 is 0. The molecule has 0 radical (unpaired) electrons. The van der Waals surface area contributed by atoms with E-state index in [4.69, 9.17) is 0 Å². The summed E-state index contributed by atoms with van der Waals surface area (Å²) in [4.78, 5) is 23.7. The molecule has 0 heterocycles. The largest absolute Gasteiger partial charge is 0.480 e. The van der Waals surface area contributed by atoms with Crippen LogP contribution in [0.3, 0.4) is 0 Å². The number of amides is 1. The van der Waals surface area contributed by atoms with Crippen LogP contribution in [0, 0.1) is 11.3 Å². The number of rotatable bonds is 7. The zero-order valence-corrected chi connectivity index (χ0v) is 13.2. The maximum atomic E-state index is 12.3. The average molecular weight is 291 g/mol. The Kier molecular flexibility index (Phi) is 5.94. The van der Waals surface area contributed by atoms with Gasteiger partial charge in [0.2, 0.25) is 5.91 Å². The molecule has 0 aliphatic heterocycles. The van der Waals surface area contributed by atoms with E-state index in [2.05, 4.69) is 5.32 Å². The first-order valence-electron chi connectivity index (χ1n) is 7.30. The van der Waals surface area contributed by atoms with Crippen LogP contribution < -0.4 is 5.32 Å². The van der Waals surface area contributed by atoms with E-state index in [-0.39, 0.29) is 5.91 Å². The standard InChI is InChI=1S/C17H25NO3/c1-12(2)11-17(3,4)16(21)18-14(15(19)20)10-13-8-6-5-7-9-13/h5-9,12,14H,10-11H2,1-4H3,(H,18,21)(H,19,20). The normalized spacial score (nSPS) is 13.0. The fraction of sp³-hybridized carbons (Fsp3) is 0.529. The third kappa shape index (κ3) is 5.58. The van der Waals surface area contributed by atoms with Gasteiger partial charge in [0.05, 0.1) is 0 Å². The summed E-state index contributed by atoms with van der Waals surface area (Å²) in [5, 5.41) is 12.0. The van der Waals surface area contributed by atoms with E-state index in [1.807, 2.05) is 58.0 Å². The quantitative estimate of drug-likeness (QED) is 0.811. The summed E-state index contributed by atoms with van der Waals surface area (Å²) in [6.07, 6.45) is 1.01. The highest BCUT2D eigenvalue weighted by Gasteiger charge is 2.31. The van der Waals surface area contributed by atoms with Crippen molar-refractivity contribution in [3.8, 4) is 0 Å². The van der Waals surface area contributed by atoms with Gasteiger partial charge in [0.25, 0.3) is 0 Å². The molecule has 0 aliphatic carbocycles. The van der Waals surface area contributed by atoms with Crippen LogP contribution in [-0.4, -0.2) is 23.0 Å². The summed E-state index contributed by atoms with van der Waals surface area (Å²) < 4.78 is 0. The highest BCUT2D eigenvalue weighted by atomic mass is 16.4. The van der Waals surface area contributed by atoms with Gasteiger partial charge in [-0.05, 0) is 17.9 Å². The van der Waals surface area contributed by atoms with E-state index in [1.165, 1.54) is 0 Å². The molecule has 4 nitrogen and oxygen atoms in total. The van der Waals surface area contributed by atoms with E-state index in [9.17, 15) is 14.7 Å². The lowest BCUT2D eigenvalue weighted by Gasteiger charge is -2.27. The number of carbonyl (C=O) groups excluding carboxylic acids is 1. The molecule has 1 rings (SSSR count). The summed E-state index contributed by atoms with van der Waals surface area (Å²) in [6.45, 7) is 7.80. The van der Waals surface area contributed by atoms with Gasteiger partial charge >= 0.3 is 5.97 Å². The van der Waals surface area contributed by atoms with Crippen LogP contribution in [0.25, 0.3) is 0 Å². The number of hydrogen-bond donors (Lipinski definition) is 2. The topological polar surface area (TPSA) is 66.4 Å². The van der Waals surface area contributed by atoms with Crippen LogP contribution in [0.15, 0.2) is 30.3 Å². The predicted octanol–water partition coefficient (Wildman–Crippen LogP) is 2.87. The lowest BCUT2D eigenvalue weighted by molar-refractivity contribution is -0.143. The number of carbonyl (C=O) groups is 2. The Morgan fingerprint density at radius 3 is 2.24 bits per heavy atom. The first kappa shape index (κ1) is 17.2. The van der Waals surface area contributed by atoms with E-state index < -0.39 is 17.4 Å². The molecule has 0 fully saturated rings. The first-order valence-corrected chi connectivity index (χ1v) is 7.30. The predicted molar refractivity (Wildman–Crippen MR) is 82.9 cm³/mol. The fourth-order valence-corrected chi connectivity index (χ4v) is 2.52. The van der Waals surface area contributed by atoms with Crippen LogP contribution in [0.2, 0.25) is 0 Å². The van der Waals surface area contributed by atoms with Gasteiger partial charge in [-0.1, -0.05) is 58.0 Å². The Balaban J connectivity index is 2.75. The molecule has 0 saturated carbocycles. The van der Waals surface area contributed by atoms with Gasteiger partial charge in [-0.3, -0.25) is 4.79 Å². The van der Waals surface area contributed by atoms with E-state index >= 15 is 0 Å². The molecule has 0 bridgehead atoms. The summed E-state index contributed by atoms with van der Waals surface area (Å²) in [5.41, 5.74) is 0.324. The zero-order valence-electron chi connectivity index (χ0n) is 13.2. The van der Waals surface area contributed by atoms with Crippen molar-refractivity contribution in [3.63, 3.8) is 0 Å². The van der Waals surface area contributed by atoms with Crippen molar-refractivity contribution in [2.75, 3.05) is 0 Å². The smallest absolute Gasteiger partial charge is 0.326 e. The van der Waals surface area contributed by atoms with Crippen molar-refractivity contribution in [2.45, 2.75) is 46.6 Å². The number of aliphatic carboxylic acids is 1. The molecule has 2 N–H and O–H groups in total. The van der Waals surface area contributed by atoms with Crippen LogP contribution in [-0.2, 0) is 16.0 Å². The van der Waals surface area contributed by atoms with Crippen molar-refractivity contribution in [2.24, 2.45) is 11.3 Å². The minimum Gasteiger partial charge on any atom is -0.480 e. The number of carboxylic acid groups (broad SMARTS) is 1. The summed E-state index contributed by atoms with van der Waals surface area (Å²) in [7, 11) is 0. The fourth-order valence-electron chi connectivity index (χ4n) is 2.52. The molecule has 0 aromatic heterocycles. The number of hydrogen-bond acceptors (Lipinski definition) is 2. The van der Waals surface area contributed by atoms with Crippen LogP contribution >= 0.6 is 0 Å². The SMILES string of the molecule is CC(C)CC(C)(C)C(=O)NC(Cc1ccccc1)C(=O)O. The van der Waals surface area contributed by atoms with Gasteiger partial charge in [0, 0.05) is 11.8 Å². The lowest BCUT2D eigenvalue weighted by Crippen LogP contribution is -2.48. The Morgan fingerprint density at radius 1 is 1.19 bits per heavy atom. The van der Waals surface area contributed by atoms with Crippen molar-refractivity contribution in [1.82, 2.24) is 5.32 Å². The molecule has 1 aromatic carbocycles. The van der Waals surface area contributed by atoms with Gasteiger partial charge in [0.15, 0.2) is 0 Å². The molecule has 1 atom stereocenters. The lowest BCUT2D eigenvalue weighted by atomic mass is 9.83. The molecule has 0 aliphatic rings. The van der Waals surface area contributed by atoms with Gasteiger partial charge in [-0.25, -0.2) is 4.79 Å². The molecular weight excluding hydrogens is 266 g/mol. The maximum Gasteiger partial charge on any atom is 0.326 e. The molecule has 21 heavy (non-hydrogen) atoms. The zero-order chi connectivity index (χ0) is 16.0. The Labute approximate surface area is 126 Å². The third-order valence-electron chi connectivity index (χ3n) is 3.42. The number of carboxylic acids is 1. The Hall–Kier alpha value is -1.84. The molecule has 116 valence electrons. The first-order chi connectivity index (χ1) is 9.72. The summed E-state index contributed by atoms with van der Waals surface area (Å²) in [6, 6.07) is 8.43. The second-order valence-corrected chi connectivity index (χ2v) is 6.54. The second-order valence-electron chi connectivity index (χ2n) is 6.54. The average Bonchev–Trinajstić information content (AvgIpc) is 2.37. The molecule has 1 aromatic rings. The van der Waals surface area contributed by atoms with Gasteiger partial charge in [-0.2, -0.15) is 0 Å². The molecule has 0 saturated heterocycles. The molecule has 1 amide bonds.